The maximum Gasteiger partial charge on any atom is 0.407 e. The molecule has 1 aliphatic rings. The van der Waals surface area contributed by atoms with Crippen molar-refractivity contribution in [3.05, 3.63) is 59.7 Å². The molecule has 0 fully saturated rings. The van der Waals surface area contributed by atoms with Crippen molar-refractivity contribution >= 4 is 29.8 Å². The van der Waals surface area contributed by atoms with Crippen LogP contribution in [-0.2, 0) is 23.9 Å². The maximum absolute atomic E-state index is 12.4. The summed E-state index contributed by atoms with van der Waals surface area (Å²) >= 11 is 0. The van der Waals surface area contributed by atoms with Gasteiger partial charge in [0.2, 0.25) is 17.7 Å². The van der Waals surface area contributed by atoms with E-state index in [0.29, 0.717) is 0 Å². The fourth-order valence-electron chi connectivity index (χ4n) is 4.31. The van der Waals surface area contributed by atoms with Crippen LogP contribution in [0.1, 0.15) is 23.5 Å². The summed E-state index contributed by atoms with van der Waals surface area (Å²) in [5.74, 6) is -4.51. The summed E-state index contributed by atoms with van der Waals surface area (Å²) in [6, 6.07) is 10.9. The number of benzene rings is 2. The second-order valence-electron chi connectivity index (χ2n) is 9.13. The molecule has 0 spiro atoms. The Morgan fingerprint density at radius 1 is 0.732 bits per heavy atom. The highest BCUT2D eigenvalue weighted by Gasteiger charge is 2.30. The Labute approximate surface area is 234 Å². The molecule has 1 aliphatic carbocycles. The molecule has 4 amide bonds. The number of hydrogen-bond donors (Lipinski definition) is 8. The highest BCUT2D eigenvalue weighted by atomic mass is 16.5. The van der Waals surface area contributed by atoms with E-state index in [-0.39, 0.29) is 25.5 Å². The minimum absolute atomic E-state index is 0.0872. The summed E-state index contributed by atoms with van der Waals surface area (Å²) in [7, 11) is 0. The van der Waals surface area contributed by atoms with Crippen LogP contribution in [0.15, 0.2) is 48.5 Å². The molecule has 2 aromatic rings. The largest absolute Gasteiger partial charge is 0.480 e. The van der Waals surface area contributed by atoms with Gasteiger partial charge in [0.15, 0.2) is 0 Å². The molecular weight excluding hydrogens is 540 g/mol. The van der Waals surface area contributed by atoms with Crippen LogP contribution in [0.3, 0.4) is 0 Å². The van der Waals surface area contributed by atoms with Crippen molar-refractivity contribution in [2.75, 3.05) is 33.0 Å². The van der Waals surface area contributed by atoms with E-state index in [1.807, 2.05) is 53.8 Å². The molecule has 3 rings (SSSR count). The zero-order valence-corrected chi connectivity index (χ0v) is 21.9. The molecule has 0 heterocycles. The van der Waals surface area contributed by atoms with E-state index in [0.717, 1.165) is 22.3 Å². The Bertz CT molecular complexity index is 1220. The molecule has 14 nitrogen and oxygen atoms in total. The maximum atomic E-state index is 12.4. The van der Waals surface area contributed by atoms with Gasteiger partial charge in [-0.2, -0.15) is 0 Å². The fraction of sp³-hybridized carbons (Fsp3) is 0.370. The average molecular weight is 573 g/mol. The van der Waals surface area contributed by atoms with E-state index in [2.05, 4.69) is 16.0 Å². The van der Waals surface area contributed by atoms with E-state index in [1.54, 1.807) is 0 Å². The third-order valence-corrected chi connectivity index (χ3v) is 6.41. The predicted octanol–water partition coefficient (Wildman–Crippen LogP) is -1.57. The second-order valence-corrected chi connectivity index (χ2v) is 9.13. The Hall–Kier alpha value is -4.53. The van der Waals surface area contributed by atoms with E-state index in [4.69, 9.17) is 14.9 Å². The van der Waals surface area contributed by atoms with Crippen LogP contribution in [0.2, 0.25) is 0 Å². The van der Waals surface area contributed by atoms with Gasteiger partial charge in [-0.3, -0.25) is 14.4 Å². The third-order valence-electron chi connectivity index (χ3n) is 6.41. The van der Waals surface area contributed by atoms with Crippen LogP contribution in [0.4, 0.5) is 4.79 Å². The number of carboxylic acid groups (broad SMARTS) is 1. The molecule has 41 heavy (non-hydrogen) atoms. The van der Waals surface area contributed by atoms with Gasteiger partial charge in [0.05, 0.1) is 19.8 Å². The van der Waals surface area contributed by atoms with E-state index < -0.39 is 67.7 Å². The monoisotopic (exact) mass is 572 g/mol. The highest BCUT2D eigenvalue weighted by Crippen LogP contribution is 2.44. The number of aliphatic hydroxyl groups is 3. The molecule has 8 N–H and O–H groups in total. The Balaban J connectivity index is 1.43. The first kappa shape index (κ1) is 31.0. The minimum Gasteiger partial charge on any atom is -0.480 e. The predicted molar refractivity (Wildman–Crippen MR) is 142 cm³/mol. The van der Waals surface area contributed by atoms with Crippen molar-refractivity contribution in [3.63, 3.8) is 0 Å². The topological polar surface area (TPSA) is 224 Å². The molecular formula is C27H32N4O10. The van der Waals surface area contributed by atoms with Crippen molar-refractivity contribution in [1.82, 2.24) is 21.3 Å². The first-order valence-electron chi connectivity index (χ1n) is 12.7. The molecule has 3 atom stereocenters. The van der Waals surface area contributed by atoms with Gasteiger partial charge in [0.25, 0.3) is 0 Å². The van der Waals surface area contributed by atoms with Gasteiger partial charge in [-0.05, 0) is 22.3 Å². The van der Waals surface area contributed by atoms with Crippen LogP contribution in [0, 0.1) is 0 Å². The standard InChI is InChI=1S/C27H32N4O10/c32-11-20(24(36)30-21(12-33)25(37)31-22(13-34)26(38)39)29-23(35)9-10-28-27(40)41-14-19-17-7-3-1-5-15(17)16-6-2-4-8-18(16)19/h1-8,19-22,32-34H,9-14H2,(H,28,40)(H,29,35)(H,30,36)(H,31,37)(H,38,39)/t20-,21-,22-/m1/s1. The van der Waals surface area contributed by atoms with Crippen LogP contribution in [0.5, 0.6) is 0 Å². The lowest BCUT2D eigenvalue weighted by molar-refractivity contribution is -0.143. The van der Waals surface area contributed by atoms with Crippen molar-refractivity contribution in [3.8, 4) is 11.1 Å². The van der Waals surface area contributed by atoms with Crippen molar-refractivity contribution < 1.29 is 49.1 Å². The SMILES string of the molecule is O=C(CCNC(=O)OCC1c2ccccc2-c2ccccc21)N[C@H](CO)C(=O)N[C@H](CO)C(=O)N[C@H](CO)C(=O)O. The zero-order chi connectivity index (χ0) is 29.9. The van der Waals surface area contributed by atoms with Crippen molar-refractivity contribution in [2.24, 2.45) is 0 Å². The molecule has 14 heteroatoms. The summed E-state index contributed by atoms with van der Waals surface area (Å²) in [4.78, 5) is 60.0. The smallest absolute Gasteiger partial charge is 0.407 e. The van der Waals surface area contributed by atoms with E-state index >= 15 is 0 Å². The molecule has 0 radical (unpaired) electrons. The molecule has 0 bridgehead atoms. The lowest BCUT2D eigenvalue weighted by Gasteiger charge is -2.22. The fourth-order valence-corrected chi connectivity index (χ4v) is 4.31. The van der Waals surface area contributed by atoms with E-state index in [1.165, 1.54) is 0 Å². The molecule has 0 saturated carbocycles. The first-order chi connectivity index (χ1) is 19.7. The Kier molecular flexibility index (Phi) is 11.1. The van der Waals surface area contributed by atoms with Gasteiger partial charge in [0, 0.05) is 18.9 Å². The molecule has 2 aromatic carbocycles. The lowest BCUT2D eigenvalue weighted by Crippen LogP contribution is -2.58. The summed E-state index contributed by atoms with van der Waals surface area (Å²) < 4.78 is 5.39. The molecule has 0 unspecified atom stereocenters. The summed E-state index contributed by atoms with van der Waals surface area (Å²) in [6.45, 7) is -2.75. The number of aliphatic carboxylic acids is 1. The normalized spacial score (nSPS) is 14.0. The number of carbonyl (C=O) groups excluding carboxylic acids is 4. The Morgan fingerprint density at radius 3 is 1.73 bits per heavy atom. The second kappa shape index (κ2) is 14.7. The number of carbonyl (C=O) groups is 5. The van der Waals surface area contributed by atoms with Gasteiger partial charge in [-0.1, -0.05) is 48.5 Å². The van der Waals surface area contributed by atoms with Gasteiger partial charge < -0.3 is 46.4 Å². The summed E-state index contributed by atoms with van der Waals surface area (Å²) in [5.41, 5.74) is 4.25. The highest BCUT2D eigenvalue weighted by molar-refractivity contribution is 5.93. The van der Waals surface area contributed by atoms with Crippen LogP contribution in [-0.4, -0.2) is 101 Å². The number of amides is 4. The molecule has 0 saturated heterocycles. The first-order valence-corrected chi connectivity index (χ1v) is 12.7. The lowest BCUT2D eigenvalue weighted by atomic mass is 9.98. The number of rotatable bonds is 14. The molecule has 0 aliphatic heterocycles. The minimum atomic E-state index is -1.66. The number of nitrogens with one attached hydrogen (secondary N) is 4. The number of alkyl carbamates (subject to hydrolysis) is 1. The van der Waals surface area contributed by atoms with Gasteiger partial charge in [-0.25, -0.2) is 9.59 Å². The number of carboxylic acids is 1. The molecule has 220 valence electrons. The van der Waals surface area contributed by atoms with E-state index in [9.17, 15) is 34.2 Å². The third kappa shape index (κ3) is 8.00. The summed E-state index contributed by atoms with van der Waals surface area (Å²) in [5, 5.41) is 45.5. The van der Waals surface area contributed by atoms with Crippen LogP contribution >= 0.6 is 0 Å². The number of aliphatic hydroxyl groups excluding tert-OH is 3. The van der Waals surface area contributed by atoms with Crippen LogP contribution in [0.25, 0.3) is 11.1 Å². The van der Waals surface area contributed by atoms with Crippen molar-refractivity contribution in [2.45, 2.75) is 30.5 Å². The number of hydrogen-bond acceptors (Lipinski definition) is 9. The van der Waals surface area contributed by atoms with Gasteiger partial charge in [-0.15, -0.1) is 0 Å². The average Bonchev–Trinajstić information content (AvgIpc) is 3.29. The summed E-state index contributed by atoms with van der Waals surface area (Å²) in [6.07, 6.45) is -1.01. The zero-order valence-electron chi connectivity index (χ0n) is 21.9. The number of ether oxygens (including phenoxy) is 1. The Morgan fingerprint density at radius 2 is 1.22 bits per heavy atom. The number of fused-ring (bicyclic) bond motifs is 3. The van der Waals surface area contributed by atoms with Crippen molar-refractivity contribution in [1.29, 1.82) is 0 Å². The molecule has 0 aromatic heterocycles. The van der Waals surface area contributed by atoms with Gasteiger partial charge >= 0.3 is 12.1 Å². The van der Waals surface area contributed by atoms with Crippen LogP contribution < -0.4 is 21.3 Å². The quantitative estimate of drug-likeness (QED) is 0.130. The van der Waals surface area contributed by atoms with Gasteiger partial charge in [0.1, 0.15) is 24.7 Å².